The van der Waals surface area contributed by atoms with Crippen molar-refractivity contribution in [1.82, 2.24) is 4.98 Å². The fourth-order valence-corrected chi connectivity index (χ4v) is 1.73. The van der Waals surface area contributed by atoms with Crippen LogP contribution in [-0.2, 0) is 14.4 Å². The van der Waals surface area contributed by atoms with Crippen LogP contribution in [0.4, 0.5) is 0 Å². The van der Waals surface area contributed by atoms with Crippen LogP contribution in [0.25, 0.3) is 0 Å². The molecule has 0 N–H and O–H groups in total. The van der Waals surface area contributed by atoms with Crippen molar-refractivity contribution in [3.8, 4) is 0 Å². The molecular weight excluding hydrogens is 194 g/mol. The first-order valence-corrected chi connectivity index (χ1v) is 4.71. The highest BCUT2D eigenvalue weighted by Gasteiger charge is 2.35. The number of pyridine rings is 1. The molecular formula is C11H9NO3. The molecule has 1 aromatic heterocycles. The van der Waals surface area contributed by atoms with E-state index in [-0.39, 0.29) is 6.42 Å². The molecule has 0 radical (unpaired) electrons. The van der Waals surface area contributed by atoms with Gasteiger partial charge in [0.1, 0.15) is 0 Å². The molecule has 15 heavy (non-hydrogen) atoms. The minimum Gasteiger partial charge on any atom is -0.290 e. The number of ketones is 3. The number of aromatic nitrogens is 1. The second-order valence-electron chi connectivity index (χ2n) is 3.49. The summed E-state index contributed by atoms with van der Waals surface area (Å²) < 4.78 is 0. The largest absolute Gasteiger partial charge is 0.290 e. The van der Waals surface area contributed by atoms with Gasteiger partial charge < -0.3 is 0 Å². The molecule has 1 atom stereocenters. The van der Waals surface area contributed by atoms with Crippen molar-refractivity contribution in [2.45, 2.75) is 18.8 Å². The van der Waals surface area contributed by atoms with E-state index in [2.05, 4.69) is 4.98 Å². The number of hydrogen-bond acceptors (Lipinski definition) is 4. The predicted molar refractivity (Wildman–Crippen MR) is 51.2 cm³/mol. The maximum absolute atomic E-state index is 11.5. The van der Waals surface area contributed by atoms with Crippen LogP contribution in [0.15, 0.2) is 24.5 Å². The third-order valence-corrected chi connectivity index (χ3v) is 2.56. The molecule has 1 heterocycles. The van der Waals surface area contributed by atoms with Gasteiger partial charge in [-0.1, -0.05) is 0 Å². The molecule has 0 bridgehead atoms. The summed E-state index contributed by atoms with van der Waals surface area (Å²) in [7, 11) is 0. The van der Waals surface area contributed by atoms with E-state index in [1.54, 1.807) is 24.5 Å². The Hall–Kier alpha value is -1.84. The van der Waals surface area contributed by atoms with Gasteiger partial charge in [0.05, 0.1) is 5.92 Å². The molecule has 0 aliphatic heterocycles. The zero-order chi connectivity index (χ0) is 10.8. The molecule has 1 aliphatic carbocycles. The fourth-order valence-electron chi connectivity index (χ4n) is 1.73. The van der Waals surface area contributed by atoms with Crippen LogP contribution in [0.5, 0.6) is 0 Å². The predicted octanol–water partition coefficient (Wildman–Crippen LogP) is 0.666. The Balaban J connectivity index is 2.29. The van der Waals surface area contributed by atoms with Crippen LogP contribution in [0.2, 0.25) is 0 Å². The summed E-state index contributed by atoms with van der Waals surface area (Å²) in [5, 5.41) is 0. The van der Waals surface area contributed by atoms with E-state index in [4.69, 9.17) is 0 Å². The maximum atomic E-state index is 11.5. The highest BCUT2D eigenvalue weighted by molar-refractivity contribution is 6.65. The third-order valence-electron chi connectivity index (χ3n) is 2.56. The Bertz CT molecular complexity index is 425. The molecule has 1 fully saturated rings. The van der Waals surface area contributed by atoms with Gasteiger partial charge in [0, 0.05) is 18.8 Å². The third kappa shape index (κ3) is 1.70. The summed E-state index contributed by atoms with van der Waals surface area (Å²) in [6.45, 7) is 0. The first kappa shape index (κ1) is 9.71. The van der Waals surface area contributed by atoms with E-state index in [0.717, 1.165) is 5.56 Å². The fraction of sp³-hybridized carbons (Fsp3) is 0.273. The van der Waals surface area contributed by atoms with Crippen molar-refractivity contribution < 1.29 is 14.4 Å². The second kappa shape index (κ2) is 3.73. The molecule has 0 saturated heterocycles. The van der Waals surface area contributed by atoms with Crippen molar-refractivity contribution in [1.29, 1.82) is 0 Å². The van der Waals surface area contributed by atoms with Gasteiger partial charge >= 0.3 is 0 Å². The van der Waals surface area contributed by atoms with Gasteiger partial charge in [0.15, 0.2) is 0 Å². The average Bonchev–Trinajstić information content (AvgIpc) is 2.27. The Morgan fingerprint density at radius 2 is 1.80 bits per heavy atom. The van der Waals surface area contributed by atoms with Crippen molar-refractivity contribution in [3.63, 3.8) is 0 Å². The first-order valence-electron chi connectivity index (χ1n) is 4.71. The smallest absolute Gasteiger partial charge is 0.264 e. The van der Waals surface area contributed by atoms with Crippen molar-refractivity contribution in [2.75, 3.05) is 0 Å². The number of Topliss-reactive ketones (excluding diaryl/α,β-unsaturated/α-hetero) is 3. The van der Waals surface area contributed by atoms with Gasteiger partial charge in [0.25, 0.3) is 5.78 Å². The average molecular weight is 203 g/mol. The standard InChI is InChI=1S/C11H9NO3/c13-9-2-1-8(10(14)11(9)15)7-3-5-12-6-4-7/h3-6,8H,1-2H2. The highest BCUT2D eigenvalue weighted by atomic mass is 16.2. The van der Waals surface area contributed by atoms with Crippen LogP contribution in [-0.4, -0.2) is 22.3 Å². The lowest BCUT2D eigenvalue weighted by molar-refractivity contribution is -0.146. The van der Waals surface area contributed by atoms with Crippen molar-refractivity contribution in [2.24, 2.45) is 0 Å². The molecule has 1 saturated carbocycles. The van der Waals surface area contributed by atoms with Crippen LogP contribution in [0, 0.1) is 0 Å². The molecule has 4 nitrogen and oxygen atoms in total. The van der Waals surface area contributed by atoms with Gasteiger partial charge in [-0.05, 0) is 24.1 Å². The van der Waals surface area contributed by atoms with E-state index in [1.165, 1.54) is 0 Å². The summed E-state index contributed by atoms with van der Waals surface area (Å²) in [6.07, 6.45) is 3.73. The van der Waals surface area contributed by atoms with E-state index in [0.29, 0.717) is 6.42 Å². The summed E-state index contributed by atoms with van der Waals surface area (Å²) in [5.74, 6) is -2.47. The lowest BCUT2D eigenvalue weighted by Crippen LogP contribution is -2.34. The SMILES string of the molecule is O=C1CCC(c2ccncc2)C(=O)C1=O. The van der Waals surface area contributed by atoms with Crippen LogP contribution < -0.4 is 0 Å². The van der Waals surface area contributed by atoms with Crippen LogP contribution >= 0.6 is 0 Å². The van der Waals surface area contributed by atoms with Gasteiger partial charge in [-0.3, -0.25) is 19.4 Å². The molecule has 76 valence electrons. The number of nitrogens with zero attached hydrogens (tertiary/aromatic N) is 1. The molecule has 0 aromatic carbocycles. The minimum atomic E-state index is -0.858. The summed E-state index contributed by atoms with van der Waals surface area (Å²) in [6, 6.07) is 3.40. The molecule has 0 amide bonds. The van der Waals surface area contributed by atoms with Crippen molar-refractivity contribution >= 4 is 17.3 Å². The summed E-state index contributed by atoms with van der Waals surface area (Å²) >= 11 is 0. The lowest BCUT2D eigenvalue weighted by atomic mass is 9.82. The molecule has 4 heteroatoms. The van der Waals surface area contributed by atoms with Gasteiger partial charge in [-0.25, -0.2) is 0 Å². The number of hydrogen-bond donors (Lipinski definition) is 0. The molecule has 1 aromatic rings. The highest BCUT2D eigenvalue weighted by Crippen LogP contribution is 2.26. The van der Waals surface area contributed by atoms with Gasteiger partial charge in [0.2, 0.25) is 11.6 Å². The second-order valence-corrected chi connectivity index (χ2v) is 3.49. The molecule has 2 rings (SSSR count). The summed E-state index contributed by atoms with van der Waals surface area (Å²) in [4.78, 5) is 37.6. The van der Waals surface area contributed by atoms with E-state index >= 15 is 0 Å². The molecule has 0 spiro atoms. The van der Waals surface area contributed by atoms with E-state index in [1.807, 2.05) is 0 Å². The van der Waals surface area contributed by atoms with E-state index in [9.17, 15) is 14.4 Å². The maximum Gasteiger partial charge on any atom is 0.264 e. The number of rotatable bonds is 1. The van der Waals surface area contributed by atoms with Gasteiger partial charge in [-0.15, -0.1) is 0 Å². The Morgan fingerprint density at radius 1 is 1.13 bits per heavy atom. The molecule has 1 unspecified atom stereocenters. The normalized spacial score (nSPS) is 21.9. The monoisotopic (exact) mass is 203 g/mol. The van der Waals surface area contributed by atoms with Crippen molar-refractivity contribution in [3.05, 3.63) is 30.1 Å². The number of carbonyl (C=O) groups is 3. The minimum absolute atomic E-state index is 0.164. The zero-order valence-corrected chi connectivity index (χ0v) is 7.97. The number of carbonyl (C=O) groups excluding carboxylic acids is 3. The lowest BCUT2D eigenvalue weighted by Gasteiger charge is -2.18. The van der Waals surface area contributed by atoms with Crippen LogP contribution in [0.1, 0.15) is 24.3 Å². The Labute approximate surface area is 86.3 Å². The first-order chi connectivity index (χ1) is 7.20. The topological polar surface area (TPSA) is 64.1 Å². The Morgan fingerprint density at radius 3 is 2.47 bits per heavy atom. The zero-order valence-electron chi connectivity index (χ0n) is 7.97. The van der Waals surface area contributed by atoms with Crippen LogP contribution in [0.3, 0.4) is 0 Å². The Kier molecular flexibility index (Phi) is 2.41. The quantitative estimate of drug-likeness (QED) is 0.629. The van der Waals surface area contributed by atoms with Gasteiger partial charge in [-0.2, -0.15) is 0 Å². The van der Waals surface area contributed by atoms with E-state index < -0.39 is 23.3 Å². The summed E-state index contributed by atoms with van der Waals surface area (Å²) in [5.41, 5.74) is 0.760. The molecule has 1 aliphatic rings.